The zero-order valence-electron chi connectivity index (χ0n) is 9.80. The fourth-order valence-electron chi connectivity index (χ4n) is 1.63. The highest BCUT2D eigenvalue weighted by atomic mass is 79.9. The zero-order valence-corrected chi connectivity index (χ0v) is 13.0. The van der Waals surface area contributed by atoms with Crippen molar-refractivity contribution in [3.8, 4) is 28.2 Å². The second-order valence-corrected chi connectivity index (χ2v) is 6.00. The second-order valence-electron chi connectivity index (χ2n) is 3.83. The molecule has 98 valence electrons. The smallest absolute Gasteiger partial charge is 0.269 e. The molecule has 3 aromatic rings. The van der Waals surface area contributed by atoms with Crippen LogP contribution in [-0.2, 0) is 0 Å². The number of hydrogen-bond acceptors (Lipinski definition) is 5. The fraction of sp³-hybridized carbons (Fsp3) is 0. The molecular weight excluding hydrogens is 362 g/mol. The molecule has 4 nitrogen and oxygen atoms in total. The number of rotatable bonds is 2. The van der Waals surface area contributed by atoms with Gasteiger partial charge in [-0.1, -0.05) is 16.8 Å². The van der Waals surface area contributed by atoms with Crippen molar-refractivity contribution in [3.63, 3.8) is 0 Å². The van der Waals surface area contributed by atoms with Crippen LogP contribution in [0, 0.1) is 11.3 Å². The maximum atomic E-state index is 9.01. The van der Waals surface area contributed by atoms with E-state index in [1.807, 2.05) is 11.4 Å². The van der Waals surface area contributed by atoms with E-state index < -0.39 is 0 Å². The summed E-state index contributed by atoms with van der Waals surface area (Å²) in [5.74, 6) is 0.798. The number of aromatic nitrogens is 2. The van der Waals surface area contributed by atoms with E-state index in [1.54, 1.807) is 18.2 Å². The maximum absolute atomic E-state index is 9.01. The van der Waals surface area contributed by atoms with Gasteiger partial charge in [-0.25, -0.2) is 0 Å². The molecule has 0 atom stereocenters. The van der Waals surface area contributed by atoms with Crippen molar-refractivity contribution >= 4 is 38.9 Å². The molecule has 0 aliphatic carbocycles. The van der Waals surface area contributed by atoms with E-state index in [1.165, 1.54) is 11.3 Å². The zero-order chi connectivity index (χ0) is 14.1. The van der Waals surface area contributed by atoms with Gasteiger partial charge in [0.1, 0.15) is 10.9 Å². The van der Waals surface area contributed by atoms with Crippen LogP contribution in [0.15, 0.2) is 38.6 Å². The lowest BCUT2D eigenvalue weighted by molar-refractivity contribution is 0.433. The summed E-state index contributed by atoms with van der Waals surface area (Å²) in [6.07, 6.45) is 0. The highest BCUT2D eigenvalue weighted by molar-refractivity contribution is 9.10. The first-order chi connectivity index (χ1) is 9.69. The molecule has 0 amide bonds. The first-order valence-electron chi connectivity index (χ1n) is 5.46. The Kier molecular flexibility index (Phi) is 3.57. The minimum Gasteiger partial charge on any atom is -0.333 e. The molecule has 0 radical (unpaired) electrons. The summed E-state index contributed by atoms with van der Waals surface area (Å²) in [7, 11) is 0. The highest BCUT2D eigenvalue weighted by Crippen LogP contribution is 2.31. The van der Waals surface area contributed by atoms with Crippen LogP contribution in [0.25, 0.3) is 22.2 Å². The van der Waals surface area contributed by atoms with Gasteiger partial charge in [0.05, 0.1) is 10.6 Å². The first kappa shape index (κ1) is 13.3. The van der Waals surface area contributed by atoms with E-state index >= 15 is 0 Å². The van der Waals surface area contributed by atoms with Crippen molar-refractivity contribution in [2.45, 2.75) is 0 Å². The fourth-order valence-corrected chi connectivity index (χ4v) is 2.89. The minimum atomic E-state index is 0.345. The number of thiophene rings is 1. The van der Waals surface area contributed by atoms with E-state index in [0.717, 1.165) is 10.0 Å². The third-order valence-corrected chi connectivity index (χ3v) is 4.70. The minimum absolute atomic E-state index is 0.345. The number of halogens is 2. The molecule has 0 N–H and O–H groups in total. The third-order valence-electron chi connectivity index (χ3n) is 2.58. The molecule has 0 aliphatic heterocycles. The number of benzene rings is 1. The maximum Gasteiger partial charge on any atom is 0.269 e. The van der Waals surface area contributed by atoms with Crippen LogP contribution in [0.2, 0.25) is 5.02 Å². The SMILES string of the molecule is N#Cc1ccsc1-c1nc(-c2ccc(Cl)c(Br)c2)no1. The summed E-state index contributed by atoms with van der Waals surface area (Å²) >= 11 is 10.7. The van der Waals surface area contributed by atoms with Crippen LogP contribution in [-0.4, -0.2) is 10.1 Å². The average Bonchev–Trinajstić information content (AvgIpc) is 3.09. The summed E-state index contributed by atoms with van der Waals surface area (Å²) in [5, 5.41) is 15.4. The van der Waals surface area contributed by atoms with E-state index in [-0.39, 0.29) is 0 Å². The van der Waals surface area contributed by atoms with Gasteiger partial charge < -0.3 is 4.52 Å². The van der Waals surface area contributed by atoms with Gasteiger partial charge in [0.25, 0.3) is 5.89 Å². The summed E-state index contributed by atoms with van der Waals surface area (Å²) in [6, 6.07) is 9.20. The van der Waals surface area contributed by atoms with Gasteiger partial charge in [0.15, 0.2) is 0 Å². The van der Waals surface area contributed by atoms with Crippen molar-refractivity contribution in [1.29, 1.82) is 5.26 Å². The van der Waals surface area contributed by atoms with Gasteiger partial charge in [-0.15, -0.1) is 11.3 Å². The van der Waals surface area contributed by atoms with Gasteiger partial charge in [0, 0.05) is 10.0 Å². The molecule has 0 aliphatic rings. The van der Waals surface area contributed by atoms with Crippen molar-refractivity contribution in [3.05, 3.63) is 44.7 Å². The first-order valence-corrected chi connectivity index (χ1v) is 7.51. The molecule has 0 spiro atoms. The predicted octanol–water partition coefficient (Wildman–Crippen LogP) is 4.75. The molecule has 0 unspecified atom stereocenters. The monoisotopic (exact) mass is 365 g/mol. The van der Waals surface area contributed by atoms with Crippen LogP contribution in [0.1, 0.15) is 5.56 Å². The summed E-state index contributed by atoms with van der Waals surface area (Å²) in [5.41, 5.74) is 1.31. The number of nitrogens with zero attached hydrogens (tertiary/aromatic N) is 3. The molecule has 0 saturated carbocycles. The Morgan fingerprint density at radius 2 is 2.20 bits per heavy atom. The van der Waals surface area contributed by atoms with Crippen LogP contribution < -0.4 is 0 Å². The topological polar surface area (TPSA) is 62.7 Å². The lowest BCUT2D eigenvalue weighted by Gasteiger charge is -1.97. The Morgan fingerprint density at radius 1 is 1.35 bits per heavy atom. The Hall–Kier alpha value is -1.68. The predicted molar refractivity (Wildman–Crippen MR) is 80.5 cm³/mol. The average molecular weight is 367 g/mol. The third kappa shape index (κ3) is 2.36. The lowest BCUT2D eigenvalue weighted by atomic mass is 10.2. The van der Waals surface area contributed by atoms with Gasteiger partial charge in [0.2, 0.25) is 5.82 Å². The molecule has 0 fully saturated rings. The molecular formula is C13H5BrClN3OS. The summed E-state index contributed by atoms with van der Waals surface area (Å²) in [4.78, 5) is 5.00. The van der Waals surface area contributed by atoms with E-state index in [0.29, 0.717) is 27.2 Å². The van der Waals surface area contributed by atoms with E-state index in [4.69, 9.17) is 21.4 Å². The lowest BCUT2D eigenvalue weighted by Crippen LogP contribution is -1.82. The van der Waals surface area contributed by atoms with Crippen LogP contribution in [0.3, 0.4) is 0 Å². The quantitative estimate of drug-likeness (QED) is 0.656. The van der Waals surface area contributed by atoms with Crippen molar-refractivity contribution in [2.75, 3.05) is 0 Å². The molecule has 0 bridgehead atoms. The Morgan fingerprint density at radius 3 is 2.95 bits per heavy atom. The number of nitriles is 1. The van der Waals surface area contributed by atoms with Crippen molar-refractivity contribution in [1.82, 2.24) is 10.1 Å². The van der Waals surface area contributed by atoms with Crippen LogP contribution in [0.4, 0.5) is 0 Å². The van der Waals surface area contributed by atoms with Gasteiger partial charge in [-0.2, -0.15) is 10.2 Å². The number of hydrogen-bond donors (Lipinski definition) is 0. The van der Waals surface area contributed by atoms with Crippen LogP contribution in [0.5, 0.6) is 0 Å². The molecule has 0 saturated heterocycles. The van der Waals surface area contributed by atoms with Crippen molar-refractivity contribution in [2.24, 2.45) is 0 Å². The molecule has 3 rings (SSSR count). The Labute approximate surface area is 131 Å². The highest BCUT2D eigenvalue weighted by Gasteiger charge is 2.15. The van der Waals surface area contributed by atoms with Crippen LogP contribution >= 0.6 is 38.9 Å². The van der Waals surface area contributed by atoms with E-state index in [2.05, 4.69) is 32.1 Å². The normalized spacial score (nSPS) is 10.4. The second kappa shape index (κ2) is 5.37. The summed E-state index contributed by atoms with van der Waals surface area (Å²) < 4.78 is 5.99. The van der Waals surface area contributed by atoms with Gasteiger partial charge in [-0.05, 0) is 45.6 Å². The molecule has 1 aromatic carbocycles. The van der Waals surface area contributed by atoms with Crippen molar-refractivity contribution < 1.29 is 4.52 Å². The Bertz CT molecular complexity index is 821. The van der Waals surface area contributed by atoms with Gasteiger partial charge >= 0.3 is 0 Å². The van der Waals surface area contributed by atoms with E-state index in [9.17, 15) is 0 Å². The Balaban J connectivity index is 2.02. The summed E-state index contributed by atoms with van der Waals surface area (Å²) in [6.45, 7) is 0. The largest absolute Gasteiger partial charge is 0.333 e. The molecule has 20 heavy (non-hydrogen) atoms. The van der Waals surface area contributed by atoms with Gasteiger partial charge in [-0.3, -0.25) is 0 Å². The molecule has 7 heteroatoms. The molecule has 2 aromatic heterocycles. The standard InChI is InChI=1S/C13H5BrClN3OS/c14-9-5-7(1-2-10(9)15)12-17-13(19-18-12)11-8(6-16)3-4-20-11/h1-5H. The molecule has 2 heterocycles.